The Morgan fingerprint density at radius 3 is 1.88 bits per heavy atom. The largest absolute Gasteiger partial charge is 0.494 e. The van der Waals surface area contributed by atoms with Gasteiger partial charge in [-0.3, -0.25) is 0 Å². The molecule has 0 saturated heterocycles. The van der Waals surface area contributed by atoms with E-state index in [9.17, 15) is 9.59 Å². The number of carbonyl (C=O) groups excluding carboxylic acids is 2. The second-order valence-corrected chi connectivity index (χ2v) is 9.28. The van der Waals surface area contributed by atoms with Crippen molar-refractivity contribution >= 4 is 29.4 Å². The van der Waals surface area contributed by atoms with Crippen LogP contribution in [0, 0.1) is 0 Å². The molecule has 0 aliphatic carbocycles. The van der Waals surface area contributed by atoms with E-state index in [1.807, 2.05) is 24.3 Å². The Morgan fingerprint density at radius 2 is 1.25 bits per heavy atom. The number of rotatable bonds is 16. The number of unbranched alkanes of at least 4 members (excludes halogenated alkanes) is 4. The SMILES string of the molecule is CCCCCOc1ccc(OC(=O)C=Cc2ccc(OCCCCCOC(=O)c3cc(N)cc(N)c3)cc2)cc1. The molecule has 0 heterocycles. The van der Waals surface area contributed by atoms with Gasteiger partial charge in [0.2, 0.25) is 0 Å². The molecule has 0 atom stereocenters. The molecule has 0 radical (unpaired) electrons. The maximum Gasteiger partial charge on any atom is 0.338 e. The average molecular weight is 547 g/mol. The fourth-order valence-corrected chi connectivity index (χ4v) is 3.75. The van der Waals surface area contributed by atoms with Crippen LogP contribution in [0.25, 0.3) is 6.08 Å². The van der Waals surface area contributed by atoms with Crippen LogP contribution < -0.4 is 25.7 Å². The Bertz CT molecular complexity index is 1220. The lowest BCUT2D eigenvalue weighted by molar-refractivity contribution is -0.128. The summed E-state index contributed by atoms with van der Waals surface area (Å²) in [6.45, 7) is 3.69. The summed E-state index contributed by atoms with van der Waals surface area (Å²) >= 11 is 0. The minimum absolute atomic E-state index is 0.315. The summed E-state index contributed by atoms with van der Waals surface area (Å²) in [5.41, 5.74) is 13.5. The monoisotopic (exact) mass is 546 g/mol. The van der Waals surface area contributed by atoms with E-state index in [-0.39, 0.29) is 0 Å². The van der Waals surface area contributed by atoms with E-state index in [0.717, 1.165) is 55.6 Å². The molecule has 4 N–H and O–H groups in total. The van der Waals surface area contributed by atoms with Crippen molar-refractivity contribution < 1.29 is 28.5 Å². The van der Waals surface area contributed by atoms with Gasteiger partial charge in [0.15, 0.2) is 0 Å². The summed E-state index contributed by atoms with van der Waals surface area (Å²) in [7, 11) is 0. The van der Waals surface area contributed by atoms with Crippen molar-refractivity contribution in [2.24, 2.45) is 0 Å². The van der Waals surface area contributed by atoms with Crippen molar-refractivity contribution in [2.75, 3.05) is 31.3 Å². The first kappa shape index (κ1) is 30.1. The van der Waals surface area contributed by atoms with E-state index in [2.05, 4.69) is 6.92 Å². The summed E-state index contributed by atoms with van der Waals surface area (Å²) in [5.74, 6) is 1.07. The highest BCUT2D eigenvalue weighted by Crippen LogP contribution is 2.19. The molecule has 0 amide bonds. The first-order chi connectivity index (χ1) is 19.4. The van der Waals surface area contributed by atoms with E-state index in [1.165, 1.54) is 6.08 Å². The lowest BCUT2D eigenvalue weighted by Gasteiger charge is -2.08. The fourth-order valence-electron chi connectivity index (χ4n) is 3.75. The third kappa shape index (κ3) is 11.1. The molecule has 0 aliphatic heterocycles. The molecule has 40 heavy (non-hydrogen) atoms. The van der Waals surface area contributed by atoms with Crippen molar-refractivity contribution in [3.05, 3.63) is 83.9 Å². The molecule has 8 heteroatoms. The predicted molar refractivity (Wildman–Crippen MR) is 157 cm³/mol. The van der Waals surface area contributed by atoms with Gasteiger partial charge in [-0.25, -0.2) is 9.59 Å². The van der Waals surface area contributed by atoms with Crippen LogP contribution in [0.3, 0.4) is 0 Å². The smallest absolute Gasteiger partial charge is 0.338 e. The van der Waals surface area contributed by atoms with Crippen LogP contribution in [0.4, 0.5) is 11.4 Å². The van der Waals surface area contributed by atoms with E-state index in [1.54, 1.807) is 48.5 Å². The van der Waals surface area contributed by atoms with Gasteiger partial charge in [-0.2, -0.15) is 0 Å². The van der Waals surface area contributed by atoms with Crippen LogP contribution in [0.15, 0.2) is 72.8 Å². The maximum absolute atomic E-state index is 12.2. The number of ether oxygens (including phenoxy) is 4. The molecule has 0 unspecified atom stereocenters. The van der Waals surface area contributed by atoms with Gasteiger partial charge in [-0.05, 0) is 91.9 Å². The van der Waals surface area contributed by atoms with Crippen molar-refractivity contribution in [1.82, 2.24) is 0 Å². The third-order valence-electron chi connectivity index (χ3n) is 5.85. The second kappa shape index (κ2) is 16.5. The molecule has 3 aromatic carbocycles. The van der Waals surface area contributed by atoms with Crippen LogP contribution in [0.1, 0.15) is 61.4 Å². The van der Waals surface area contributed by atoms with Gasteiger partial charge in [0.1, 0.15) is 17.2 Å². The van der Waals surface area contributed by atoms with Crippen molar-refractivity contribution in [3.8, 4) is 17.2 Å². The van der Waals surface area contributed by atoms with Gasteiger partial charge < -0.3 is 30.4 Å². The third-order valence-corrected chi connectivity index (χ3v) is 5.85. The maximum atomic E-state index is 12.2. The van der Waals surface area contributed by atoms with E-state index < -0.39 is 11.9 Å². The molecular weight excluding hydrogens is 508 g/mol. The second-order valence-electron chi connectivity index (χ2n) is 9.28. The molecule has 0 saturated carbocycles. The molecule has 3 aromatic rings. The number of hydrogen-bond acceptors (Lipinski definition) is 8. The Balaban J connectivity index is 1.29. The summed E-state index contributed by atoms with van der Waals surface area (Å²) in [5, 5.41) is 0. The lowest BCUT2D eigenvalue weighted by Crippen LogP contribution is -2.08. The standard InChI is InChI=1S/C32H38N2O6/c1-2-3-5-18-37-29-13-15-30(16-14-29)40-31(35)17-10-24-8-11-28(12-9-24)38-19-6-4-7-20-39-32(36)25-21-26(33)23-27(34)22-25/h8-17,21-23H,2-7,18-20,33-34H2,1H3. The van der Waals surface area contributed by atoms with Gasteiger partial charge >= 0.3 is 11.9 Å². The number of esters is 2. The molecule has 0 aliphatic rings. The van der Waals surface area contributed by atoms with Gasteiger partial charge in [0, 0.05) is 17.5 Å². The molecule has 0 fully saturated rings. The zero-order valence-electron chi connectivity index (χ0n) is 23.0. The molecule has 8 nitrogen and oxygen atoms in total. The number of carbonyl (C=O) groups is 2. The quantitative estimate of drug-likeness (QED) is 0.0691. The Labute approximate surface area is 235 Å². The zero-order chi connectivity index (χ0) is 28.6. The van der Waals surface area contributed by atoms with Crippen LogP contribution in [-0.2, 0) is 9.53 Å². The highest BCUT2D eigenvalue weighted by atomic mass is 16.5. The first-order valence-electron chi connectivity index (χ1n) is 13.6. The predicted octanol–water partition coefficient (Wildman–Crippen LogP) is 6.44. The molecule has 3 rings (SSSR count). The number of nitrogens with two attached hydrogens (primary N) is 2. The minimum Gasteiger partial charge on any atom is -0.494 e. The van der Waals surface area contributed by atoms with Gasteiger partial charge in [0.25, 0.3) is 0 Å². The van der Waals surface area contributed by atoms with Crippen molar-refractivity contribution in [3.63, 3.8) is 0 Å². The van der Waals surface area contributed by atoms with E-state index in [4.69, 9.17) is 30.4 Å². The number of nitrogen functional groups attached to an aromatic ring is 2. The Kier molecular flexibility index (Phi) is 12.4. The molecular formula is C32H38N2O6. The average Bonchev–Trinajstić information content (AvgIpc) is 2.94. The topological polar surface area (TPSA) is 123 Å². The van der Waals surface area contributed by atoms with Gasteiger partial charge in [-0.15, -0.1) is 0 Å². The summed E-state index contributed by atoms with van der Waals surface area (Å²) in [6.07, 6.45) is 8.79. The minimum atomic E-state index is -0.459. The van der Waals surface area contributed by atoms with Crippen molar-refractivity contribution in [2.45, 2.75) is 45.4 Å². The van der Waals surface area contributed by atoms with Crippen LogP contribution >= 0.6 is 0 Å². The van der Waals surface area contributed by atoms with Gasteiger partial charge in [0.05, 0.1) is 25.4 Å². The van der Waals surface area contributed by atoms with Crippen LogP contribution in [0.2, 0.25) is 0 Å². The number of benzene rings is 3. The van der Waals surface area contributed by atoms with Crippen LogP contribution in [0.5, 0.6) is 17.2 Å². The van der Waals surface area contributed by atoms with Gasteiger partial charge in [-0.1, -0.05) is 31.9 Å². The van der Waals surface area contributed by atoms with Crippen molar-refractivity contribution in [1.29, 1.82) is 0 Å². The molecule has 0 spiro atoms. The van der Waals surface area contributed by atoms with Crippen LogP contribution in [-0.4, -0.2) is 31.8 Å². The first-order valence-corrected chi connectivity index (χ1v) is 13.6. The summed E-state index contributed by atoms with van der Waals surface area (Å²) in [4.78, 5) is 24.2. The highest BCUT2D eigenvalue weighted by molar-refractivity contribution is 5.91. The van der Waals surface area contributed by atoms with E-state index in [0.29, 0.717) is 42.5 Å². The number of hydrogen-bond donors (Lipinski definition) is 2. The summed E-state index contributed by atoms with van der Waals surface area (Å²) < 4.78 is 22.1. The highest BCUT2D eigenvalue weighted by Gasteiger charge is 2.08. The normalized spacial score (nSPS) is 10.8. The van der Waals surface area contributed by atoms with E-state index >= 15 is 0 Å². The number of anilines is 2. The lowest BCUT2D eigenvalue weighted by atomic mass is 10.2. The molecule has 0 aromatic heterocycles. The Hall–Kier alpha value is -4.46. The zero-order valence-corrected chi connectivity index (χ0v) is 23.0. The Morgan fingerprint density at radius 1 is 0.700 bits per heavy atom. The summed E-state index contributed by atoms with van der Waals surface area (Å²) in [6, 6.07) is 19.2. The molecule has 0 bridgehead atoms. The fraction of sp³-hybridized carbons (Fsp3) is 0.312. The molecule has 212 valence electrons.